The molecule has 0 aromatic carbocycles. The minimum absolute atomic E-state index is 0.309. The van der Waals surface area contributed by atoms with E-state index in [1.807, 2.05) is 11.8 Å². The molecule has 0 atom stereocenters. The monoisotopic (exact) mass is 342 g/mol. The number of rotatable bonds is 3. The fourth-order valence-electron chi connectivity index (χ4n) is 3.20. The van der Waals surface area contributed by atoms with Crippen molar-refractivity contribution in [3.8, 4) is 0 Å². The van der Waals surface area contributed by atoms with Crippen molar-refractivity contribution in [2.45, 2.75) is 19.8 Å². The summed E-state index contributed by atoms with van der Waals surface area (Å²) in [5.74, 6) is 0.918. The molecule has 0 spiro atoms. The van der Waals surface area contributed by atoms with Gasteiger partial charge in [0, 0.05) is 26.2 Å². The third-order valence-electron chi connectivity index (χ3n) is 4.48. The molecule has 4 heterocycles. The van der Waals surface area contributed by atoms with Crippen LogP contribution in [0.2, 0.25) is 0 Å². The SMILES string of the molecule is CCc1ncnc(N2CCCN(c3ncnc4nc[nH]c34)CC2)c1F. The van der Waals surface area contributed by atoms with Crippen LogP contribution >= 0.6 is 0 Å². The highest BCUT2D eigenvalue weighted by molar-refractivity contribution is 5.82. The molecule has 3 aromatic heterocycles. The number of imidazole rings is 1. The van der Waals surface area contributed by atoms with E-state index in [1.54, 1.807) is 6.33 Å². The van der Waals surface area contributed by atoms with E-state index in [-0.39, 0.29) is 5.82 Å². The summed E-state index contributed by atoms with van der Waals surface area (Å²) in [7, 11) is 0. The van der Waals surface area contributed by atoms with Gasteiger partial charge in [-0.15, -0.1) is 0 Å². The van der Waals surface area contributed by atoms with Gasteiger partial charge in [0.05, 0.1) is 12.0 Å². The first-order valence-corrected chi connectivity index (χ1v) is 8.41. The third-order valence-corrected chi connectivity index (χ3v) is 4.48. The topological polar surface area (TPSA) is 86.7 Å². The molecule has 1 saturated heterocycles. The molecule has 0 saturated carbocycles. The van der Waals surface area contributed by atoms with Crippen molar-refractivity contribution >= 4 is 22.8 Å². The minimum Gasteiger partial charge on any atom is -0.353 e. The Kier molecular flexibility index (Phi) is 4.12. The van der Waals surface area contributed by atoms with Gasteiger partial charge in [-0.3, -0.25) is 0 Å². The number of nitrogens with one attached hydrogen (secondary N) is 1. The van der Waals surface area contributed by atoms with Gasteiger partial charge >= 0.3 is 0 Å². The smallest absolute Gasteiger partial charge is 0.187 e. The molecule has 0 unspecified atom stereocenters. The van der Waals surface area contributed by atoms with Gasteiger partial charge in [-0.1, -0.05) is 6.92 Å². The molecule has 9 heteroatoms. The summed E-state index contributed by atoms with van der Waals surface area (Å²) >= 11 is 0. The molecule has 8 nitrogen and oxygen atoms in total. The molecular weight excluding hydrogens is 323 g/mol. The maximum Gasteiger partial charge on any atom is 0.187 e. The second-order valence-corrected chi connectivity index (χ2v) is 5.94. The van der Waals surface area contributed by atoms with Crippen LogP contribution in [0.3, 0.4) is 0 Å². The molecule has 1 aliphatic heterocycles. The van der Waals surface area contributed by atoms with Gasteiger partial charge < -0.3 is 14.8 Å². The van der Waals surface area contributed by atoms with Crippen LogP contribution in [0.15, 0.2) is 19.0 Å². The summed E-state index contributed by atoms with van der Waals surface area (Å²) in [5, 5.41) is 0. The van der Waals surface area contributed by atoms with Crippen molar-refractivity contribution in [1.82, 2.24) is 29.9 Å². The van der Waals surface area contributed by atoms with Gasteiger partial charge in [-0.2, -0.15) is 0 Å². The fourth-order valence-corrected chi connectivity index (χ4v) is 3.20. The lowest BCUT2D eigenvalue weighted by Crippen LogP contribution is -2.32. The molecule has 0 radical (unpaired) electrons. The molecule has 0 aliphatic carbocycles. The standard InChI is InChI=1S/C16H19FN8/c1-2-11-12(17)15(22-8-18-11)24-4-3-5-25(7-6-24)16-13-14(20-9-19-13)21-10-23-16/h8-10H,2-7H2,1H3,(H,19,20,21,23). The molecular formula is C16H19FN8. The maximum atomic E-state index is 14.6. The largest absolute Gasteiger partial charge is 0.353 e. The van der Waals surface area contributed by atoms with Crippen LogP contribution in [0, 0.1) is 5.82 Å². The molecule has 1 aliphatic rings. The van der Waals surface area contributed by atoms with Crippen molar-refractivity contribution in [2.24, 2.45) is 0 Å². The quantitative estimate of drug-likeness (QED) is 0.773. The van der Waals surface area contributed by atoms with Crippen LogP contribution in [0.1, 0.15) is 19.0 Å². The number of anilines is 2. The van der Waals surface area contributed by atoms with E-state index >= 15 is 0 Å². The molecule has 25 heavy (non-hydrogen) atoms. The Morgan fingerprint density at radius 1 is 0.960 bits per heavy atom. The number of hydrogen-bond acceptors (Lipinski definition) is 7. The first-order valence-electron chi connectivity index (χ1n) is 8.41. The van der Waals surface area contributed by atoms with Crippen molar-refractivity contribution in [3.63, 3.8) is 0 Å². The molecule has 4 rings (SSSR count). The van der Waals surface area contributed by atoms with Gasteiger partial charge in [-0.25, -0.2) is 29.3 Å². The lowest BCUT2D eigenvalue weighted by molar-refractivity contribution is 0.584. The van der Waals surface area contributed by atoms with E-state index in [0.717, 1.165) is 37.4 Å². The maximum absolute atomic E-state index is 14.6. The summed E-state index contributed by atoms with van der Waals surface area (Å²) in [6, 6.07) is 0. The third kappa shape index (κ3) is 2.86. The van der Waals surface area contributed by atoms with Gasteiger partial charge in [0.15, 0.2) is 23.1 Å². The number of H-pyrrole nitrogens is 1. The van der Waals surface area contributed by atoms with Crippen molar-refractivity contribution in [1.29, 1.82) is 0 Å². The van der Waals surface area contributed by atoms with Gasteiger partial charge in [0.2, 0.25) is 0 Å². The Morgan fingerprint density at radius 2 is 1.68 bits per heavy atom. The lowest BCUT2D eigenvalue weighted by Gasteiger charge is -2.24. The van der Waals surface area contributed by atoms with Crippen LogP contribution in [-0.2, 0) is 6.42 Å². The van der Waals surface area contributed by atoms with E-state index in [1.165, 1.54) is 12.7 Å². The number of fused-ring (bicyclic) bond motifs is 1. The summed E-state index contributed by atoms with van der Waals surface area (Å²) in [6.45, 7) is 4.84. The van der Waals surface area contributed by atoms with Crippen LogP contribution in [0.5, 0.6) is 0 Å². The van der Waals surface area contributed by atoms with Crippen molar-refractivity contribution in [2.75, 3.05) is 36.0 Å². The highest BCUT2D eigenvalue weighted by Crippen LogP contribution is 2.24. The number of hydrogen-bond donors (Lipinski definition) is 1. The number of aromatic amines is 1. The zero-order valence-electron chi connectivity index (χ0n) is 14.0. The van der Waals surface area contributed by atoms with Crippen LogP contribution in [0.4, 0.5) is 16.0 Å². The highest BCUT2D eigenvalue weighted by atomic mass is 19.1. The number of halogens is 1. The summed E-state index contributed by atoms with van der Waals surface area (Å²) in [4.78, 5) is 28.2. The number of nitrogens with zero attached hydrogens (tertiary/aromatic N) is 7. The average molecular weight is 342 g/mol. The molecule has 0 bridgehead atoms. The van der Waals surface area contributed by atoms with Crippen molar-refractivity contribution in [3.05, 3.63) is 30.5 Å². The lowest BCUT2D eigenvalue weighted by atomic mass is 10.3. The summed E-state index contributed by atoms with van der Waals surface area (Å²) < 4.78 is 14.6. The summed E-state index contributed by atoms with van der Waals surface area (Å²) in [6.07, 6.45) is 6.03. The first kappa shape index (κ1) is 15.7. The normalized spacial score (nSPS) is 15.6. The molecule has 130 valence electrons. The predicted octanol–water partition coefficient (Wildman–Crippen LogP) is 1.56. The van der Waals surface area contributed by atoms with E-state index in [9.17, 15) is 4.39 Å². The highest BCUT2D eigenvalue weighted by Gasteiger charge is 2.22. The molecule has 0 amide bonds. The van der Waals surface area contributed by atoms with E-state index < -0.39 is 0 Å². The number of aromatic nitrogens is 6. The average Bonchev–Trinajstić information content (AvgIpc) is 2.99. The van der Waals surface area contributed by atoms with E-state index in [4.69, 9.17) is 0 Å². The molecule has 3 aromatic rings. The van der Waals surface area contributed by atoms with Gasteiger partial charge in [0.25, 0.3) is 0 Å². The Hall–Kier alpha value is -2.84. The zero-order chi connectivity index (χ0) is 17.2. The molecule has 1 fully saturated rings. The number of aryl methyl sites for hydroxylation is 1. The zero-order valence-corrected chi connectivity index (χ0v) is 14.0. The Labute approximate surface area is 144 Å². The minimum atomic E-state index is -0.309. The van der Waals surface area contributed by atoms with Crippen LogP contribution < -0.4 is 9.80 Å². The molecule has 1 N–H and O–H groups in total. The Morgan fingerprint density at radius 3 is 2.48 bits per heavy atom. The van der Waals surface area contributed by atoms with Crippen LogP contribution in [-0.4, -0.2) is 56.1 Å². The Balaban J connectivity index is 1.58. The second-order valence-electron chi connectivity index (χ2n) is 5.94. The second kappa shape index (κ2) is 6.58. The predicted molar refractivity (Wildman–Crippen MR) is 92.1 cm³/mol. The van der Waals surface area contributed by atoms with E-state index in [2.05, 4.69) is 34.8 Å². The van der Waals surface area contributed by atoms with Crippen molar-refractivity contribution < 1.29 is 4.39 Å². The Bertz CT molecular complexity index is 879. The van der Waals surface area contributed by atoms with E-state index in [0.29, 0.717) is 30.1 Å². The van der Waals surface area contributed by atoms with Crippen LogP contribution in [0.25, 0.3) is 11.2 Å². The first-order chi connectivity index (χ1) is 12.3. The van der Waals surface area contributed by atoms with Gasteiger partial charge in [-0.05, 0) is 12.8 Å². The summed E-state index contributed by atoms with van der Waals surface area (Å²) in [5.41, 5.74) is 1.94. The fraction of sp³-hybridized carbons (Fsp3) is 0.438. The van der Waals surface area contributed by atoms with Gasteiger partial charge in [0.1, 0.15) is 18.2 Å².